The third kappa shape index (κ3) is 68.0. The summed E-state index contributed by atoms with van der Waals surface area (Å²) in [7, 11) is 2.17. The van der Waals surface area contributed by atoms with Gasteiger partial charge in [-0.2, -0.15) is 0 Å². The van der Waals surface area contributed by atoms with E-state index in [1.165, 1.54) is 180 Å². The molecule has 0 aliphatic rings. The van der Waals surface area contributed by atoms with E-state index in [1.807, 2.05) is 0 Å². The molecule has 0 aliphatic heterocycles. The normalized spacial score (nSPS) is 14.2. The van der Waals surface area contributed by atoms with E-state index in [0.717, 1.165) is 155 Å². The van der Waals surface area contributed by atoms with E-state index in [2.05, 4.69) is 147 Å². The molecular weight excluding hydrogens is 1080 g/mol. The molecule has 4 N–H and O–H groups in total. The first-order valence-corrected chi connectivity index (χ1v) is 38.3. The van der Waals surface area contributed by atoms with Crippen LogP contribution < -0.4 is 0 Å². The van der Waals surface area contributed by atoms with Gasteiger partial charge in [0, 0.05) is 52.4 Å². The lowest BCUT2D eigenvalue weighted by atomic mass is 10.1. The zero-order chi connectivity index (χ0) is 64.0. The molecule has 7 heteroatoms. The summed E-state index contributed by atoms with van der Waals surface area (Å²) < 4.78 is 0. The molecule has 0 spiro atoms. The Morgan fingerprint density at radius 2 is 0.409 bits per heavy atom. The number of hydrogen-bond donors (Lipinski definition) is 4. The average molecular weight is 1230 g/mol. The maximum Gasteiger partial charge on any atom is 0.0667 e. The first-order chi connectivity index (χ1) is 43.2. The largest absolute Gasteiger partial charge is 0.392 e. The van der Waals surface area contributed by atoms with Gasteiger partial charge in [-0.15, -0.1) is 0 Å². The molecular formula is C81H151N3O4. The van der Waals surface area contributed by atoms with Crippen LogP contribution in [-0.4, -0.2) is 119 Å². The van der Waals surface area contributed by atoms with Crippen LogP contribution in [-0.2, 0) is 0 Å². The van der Waals surface area contributed by atoms with Crippen molar-refractivity contribution >= 4 is 0 Å². The van der Waals surface area contributed by atoms with Gasteiger partial charge in [-0.1, -0.05) is 279 Å². The molecule has 0 aromatic heterocycles. The molecule has 4 unspecified atom stereocenters. The van der Waals surface area contributed by atoms with Gasteiger partial charge in [0.25, 0.3) is 0 Å². The van der Waals surface area contributed by atoms with Gasteiger partial charge in [0.2, 0.25) is 0 Å². The predicted molar refractivity (Wildman–Crippen MR) is 392 cm³/mol. The van der Waals surface area contributed by atoms with Gasteiger partial charge in [0.05, 0.1) is 24.4 Å². The summed E-state index contributed by atoms with van der Waals surface area (Å²) in [6.45, 7) is 14.6. The molecule has 4 atom stereocenters. The van der Waals surface area contributed by atoms with Crippen molar-refractivity contribution < 1.29 is 20.4 Å². The number of rotatable bonds is 70. The molecule has 7 nitrogen and oxygen atoms in total. The minimum Gasteiger partial charge on any atom is -0.392 e. The monoisotopic (exact) mass is 1230 g/mol. The first-order valence-electron chi connectivity index (χ1n) is 38.3. The van der Waals surface area contributed by atoms with Crippen LogP contribution in [0.3, 0.4) is 0 Å². The van der Waals surface area contributed by atoms with Crippen LogP contribution in [0, 0.1) is 0 Å². The van der Waals surface area contributed by atoms with Crippen LogP contribution in [0.4, 0.5) is 0 Å². The summed E-state index contributed by atoms with van der Waals surface area (Å²) in [6.07, 6.45) is 92.1. The van der Waals surface area contributed by atoms with E-state index < -0.39 is 24.4 Å². The van der Waals surface area contributed by atoms with Crippen molar-refractivity contribution in [1.82, 2.24) is 14.7 Å². The summed E-state index contributed by atoms with van der Waals surface area (Å²) in [4.78, 5) is 6.97. The van der Waals surface area contributed by atoms with E-state index in [-0.39, 0.29) is 0 Å². The predicted octanol–water partition coefficient (Wildman–Crippen LogP) is 22.2. The van der Waals surface area contributed by atoms with Crippen molar-refractivity contribution in [2.75, 3.05) is 59.4 Å². The lowest BCUT2D eigenvalue weighted by Gasteiger charge is -2.31. The van der Waals surface area contributed by atoms with Gasteiger partial charge in [-0.25, -0.2) is 0 Å². The maximum atomic E-state index is 11.4. The Morgan fingerprint density at radius 1 is 0.227 bits per heavy atom. The molecule has 0 aromatic carbocycles. The standard InChI is InChI=1S/C81H151N3O4/c1-6-10-14-18-22-26-30-34-38-42-46-50-54-58-62-66-78(85)74-83(75-79(86)67-63-59-55-51-47-43-39-35-31-27-23-19-15-11-7-2)72-70-82(5)71-73-84(76-80(87)68-64-60-56-52-48-44-40-36-32-28-24-20-16-12-8-3)77-81(88)69-65-61-57-53-49-45-41-37-33-29-25-21-17-13-9-4/h34-41,46-53,78-81,85-88H,6-33,42-45,54-77H2,1-5H3/b38-34-,39-35-,40-36-,41-37-,50-46-,51-47-,52-48-,53-49-. The van der Waals surface area contributed by atoms with Crippen LogP contribution in [0.2, 0.25) is 0 Å². The second-order valence-electron chi connectivity index (χ2n) is 26.5. The van der Waals surface area contributed by atoms with Crippen LogP contribution in [0.15, 0.2) is 97.2 Å². The zero-order valence-corrected chi connectivity index (χ0v) is 59.3. The van der Waals surface area contributed by atoms with Gasteiger partial charge in [-0.05, 0) is 161 Å². The van der Waals surface area contributed by atoms with E-state index in [0.29, 0.717) is 26.2 Å². The van der Waals surface area contributed by atoms with Gasteiger partial charge >= 0.3 is 0 Å². The Hall–Kier alpha value is -2.36. The number of aliphatic hydroxyl groups is 4. The summed E-state index contributed by atoms with van der Waals surface area (Å²) in [5.41, 5.74) is 0. The molecule has 0 saturated heterocycles. The molecule has 514 valence electrons. The Labute approximate surface area is 549 Å². The average Bonchev–Trinajstić information content (AvgIpc) is 3.72. The molecule has 0 fully saturated rings. The fraction of sp³-hybridized carbons (Fsp3) is 0.802. The summed E-state index contributed by atoms with van der Waals surface area (Å²) in [5.74, 6) is 0. The number of unbranched alkanes of at least 4 members (excludes halogenated alkanes) is 32. The first kappa shape index (κ1) is 85.6. The van der Waals surface area contributed by atoms with E-state index in [9.17, 15) is 20.4 Å². The summed E-state index contributed by atoms with van der Waals surface area (Å²) in [6, 6.07) is 0. The minimum atomic E-state index is -0.426. The minimum absolute atomic E-state index is 0.426. The van der Waals surface area contributed by atoms with Crippen LogP contribution in [0.1, 0.15) is 336 Å². The Morgan fingerprint density at radius 3 is 0.614 bits per heavy atom. The van der Waals surface area contributed by atoms with E-state index in [4.69, 9.17) is 0 Å². The highest BCUT2D eigenvalue weighted by Gasteiger charge is 2.19. The molecule has 0 aromatic rings. The molecule has 0 rings (SSSR count). The quantitative estimate of drug-likeness (QED) is 0.0356. The number of nitrogens with zero attached hydrogens (tertiary/aromatic N) is 3. The second-order valence-corrected chi connectivity index (χ2v) is 26.5. The fourth-order valence-corrected chi connectivity index (χ4v) is 11.6. The third-order valence-corrected chi connectivity index (χ3v) is 17.4. The number of hydrogen-bond acceptors (Lipinski definition) is 7. The lowest BCUT2D eigenvalue weighted by molar-refractivity contribution is 0.0494. The van der Waals surface area contributed by atoms with Crippen molar-refractivity contribution in [2.24, 2.45) is 0 Å². The highest BCUT2D eigenvalue weighted by molar-refractivity contribution is 4.96. The zero-order valence-electron chi connectivity index (χ0n) is 59.3. The third-order valence-electron chi connectivity index (χ3n) is 17.4. The molecule has 88 heavy (non-hydrogen) atoms. The van der Waals surface area contributed by atoms with E-state index in [1.54, 1.807) is 0 Å². The fourth-order valence-electron chi connectivity index (χ4n) is 11.6. The van der Waals surface area contributed by atoms with Crippen LogP contribution >= 0.6 is 0 Å². The highest BCUT2D eigenvalue weighted by atomic mass is 16.3. The van der Waals surface area contributed by atoms with Gasteiger partial charge in [0.1, 0.15) is 0 Å². The van der Waals surface area contributed by atoms with Gasteiger partial charge in [0.15, 0.2) is 0 Å². The van der Waals surface area contributed by atoms with Crippen LogP contribution in [0.25, 0.3) is 0 Å². The number of aliphatic hydroxyl groups excluding tert-OH is 4. The second kappa shape index (κ2) is 72.1. The molecule has 0 saturated carbocycles. The Kier molecular flexibility index (Phi) is 70.1. The summed E-state index contributed by atoms with van der Waals surface area (Å²) in [5, 5.41) is 45.5. The van der Waals surface area contributed by atoms with Gasteiger partial charge in [-0.3, -0.25) is 9.80 Å². The summed E-state index contributed by atoms with van der Waals surface area (Å²) >= 11 is 0. The van der Waals surface area contributed by atoms with Crippen molar-refractivity contribution in [2.45, 2.75) is 360 Å². The smallest absolute Gasteiger partial charge is 0.0667 e. The molecule has 0 heterocycles. The van der Waals surface area contributed by atoms with Gasteiger partial charge < -0.3 is 25.3 Å². The van der Waals surface area contributed by atoms with E-state index >= 15 is 0 Å². The molecule has 0 amide bonds. The molecule has 0 radical (unpaired) electrons. The number of likely N-dealkylation sites (N-methyl/N-ethyl adjacent to an activating group) is 1. The Bertz CT molecular complexity index is 1390. The number of allylic oxidation sites excluding steroid dienone is 16. The van der Waals surface area contributed by atoms with Crippen LogP contribution in [0.5, 0.6) is 0 Å². The van der Waals surface area contributed by atoms with Crippen molar-refractivity contribution in [3.8, 4) is 0 Å². The lowest BCUT2D eigenvalue weighted by Crippen LogP contribution is -2.44. The topological polar surface area (TPSA) is 90.6 Å². The maximum absolute atomic E-state index is 11.4. The van der Waals surface area contributed by atoms with Crippen molar-refractivity contribution in [3.63, 3.8) is 0 Å². The molecule has 0 bridgehead atoms. The SMILES string of the molecule is CCCCCCCC/C=C\C/C=C\CCCCC(O)CN(CCN(C)CCN(CC(O)CCCC/C=C\C/C=C\CCCCCCCC)CC(O)CCCC/C=C\C/C=C\CCCCCCCC)CC(O)CCCC/C=C\C/C=C\CCCCCCCC. The van der Waals surface area contributed by atoms with Crippen molar-refractivity contribution in [3.05, 3.63) is 97.2 Å². The van der Waals surface area contributed by atoms with Crippen molar-refractivity contribution in [1.29, 1.82) is 0 Å². The highest BCUT2D eigenvalue weighted by Crippen LogP contribution is 2.16. The Balaban J connectivity index is 5.43. The molecule has 0 aliphatic carbocycles.